The van der Waals surface area contributed by atoms with Crippen LogP contribution in [0.2, 0.25) is 0 Å². The van der Waals surface area contributed by atoms with E-state index in [1.165, 1.54) is 0 Å². The highest BCUT2D eigenvalue weighted by atomic mass is 16.6. The molecule has 2 N–H and O–H groups in total. The first-order valence-corrected chi connectivity index (χ1v) is 9.24. The molecule has 0 unspecified atom stereocenters. The van der Waals surface area contributed by atoms with Gasteiger partial charge in [-0.15, -0.1) is 0 Å². The lowest BCUT2D eigenvalue weighted by molar-refractivity contribution is 0.0902. The van der Waals surface area contributed by atoms with Gasteiger partial charge >= 0.3 is 12.2 Å². The standard InChI is InChI=1S/C21H24N2O4/c1-2-3-8-13-23(21(25)26)22-20(24)27-14-19-17-11-6-4-9-15(17)16-10-5-7-12-18(16)19/h4-7,9-12,19H,2-3,8,13-14H2,1H3,(H,22,24)(H,25,26). The fraction of sp³-hybridized carbons (Fsp3) is 0.333. The summed E-state index contributed by atoms with van der Waals surface area (Å²) in [6.45, 7) is 2.43. The van der Waals surface area contributed by atoms with Crippen molar-refractivity contribution in [1.29, 1.82) is 0 Å². The van der Waals surface area contributed by atoms with Crippen LogP contribution in [0.1, 0.15) is 43.2 Å². The highest BCUT2D eigenvalue weighted by Crippen LogP contribution is 2.44. The number of ether oxygens (including phenoxy) is 1. The summed E-state index contributed by atoms with van der Waals surface area (Å²) in [5.41, 5.74) is 6.84. The van der Waals surface area contributed by atoms with Crippen LogP contribution in [0, 0.1) is 0 Å². The zero-order valence-electron chi connectivity index (χ0n) is 15.4. The molecule has 0 heterocycles. The van der Waals surface area contributed by atoms with Crippen molar-refractivity contribution in [1.82, 2.24) is 10.4 Å². The first kappa shape index (κ1) is 18.8. The van der Waals surface area contributed by atoms with Crippen molar-refractivity contribution in [2.45, 2.75) is 32.1 Å². The Morgan fingerprint density at radius 1 is 1.04 bits per heavy atom. The Hall–Kier alpha value is -3.02. The number of unbranched alkanes of at least 4 members (excludes halogenated alkanes) is 2. The van der Waals surface area contributed by atoms with Crippen LogP contribution in [0.25, 0.3) is 11.1 Å². The molecule has 0 aromatic heterocycles. The maximum atomic E-state index is 12.1. The molecular formula is C21H24N2O4. The quantitative estimate of drug-likeness (QED) is 0.576. The van der Waals surface area contributed by atoms with Crippen LogP contribution in [-0.4, -0.2) is 35.5 Å². The van der Waals surface area contributed by atoms with Crippen molar-refractivity contribution in [2.75, 3.05) is 13.2 Å². The van der Waals surface area contributed by atoms with Gasteiger partial charge in [-0.1, -0.05) is 68.3 Å². The average Bonchev–Trinajstić information content (AvgIpc) is 2.99. The number of hydrogen-bond donors (Lipinski definition) is 2. The van der Waals surface area contributed by atoms with Crippen molar-refractivity contribution in [3.05, 3.63) is 59.7 Å². The van der Waals surface area contributed by atoms with Crippen molar-refractivity contribution in [3.63, 3.8) is 0 Å². The number of carboxylic acid groups (broad SMARTS) is 1. The molecule has 142 valence electrons. The molecule has 0 saturated heterocycles. The minimum Gasteiger partial charge on any atom is -0.464 e. The molecule has 1 aliphatic rings. The van der Waals surface area contributed by atoms with E-state index in [1.807, 2.05) is 43.3 Å². The summed E-state index contributed by atoms with van der Waals surface area (Å²) >= 11 is 0. The number of amides is 2. The number of hydrazine groups is 1. The second-order valence-corrected chi connectivity index (χ2v) is 6.58. The molecule has 6 nitrogen and oxygen atoms in total. The van der Waals surface area contributed by atoms with Crippen molar-refractivity contribution < 1.29 is 19.4 Å². The molecule has 2 amide bonds. The molecule has 3 rings (SSSR count). The predicted octanol–water partition coefficient (Wildman–Crippen LogP) is 4.61. The monoisotopic (exact) mass is 368 g/mol. The second-order valence-electron chi connectivity index (χ2n) is 6.58. The van der Waals surface area contributed by atoms with E-state index >= 15 is 0 Å². The molecule has 2 aromatic rings. The summed E-state index contributed by atoms with van der Waals surface area (Å²) in [6.07, 6.45) is 0.608. The van der Waals surface area contributed by atoms with Gasteiger partial charge in [-0.25, -0.2) is 20.0 Å². The van der Waals surface area contributed by atoms with Gasteiger partial charge in [-0.05, 0) is 28.7 Å². The Morgan fingerprint density at radius 2 is 1.63 bits per heavy atom. The molecule has 0 saturated carbocycles. The molecule has 0 bridgehead atoms. The Balaban J connectivity index is 1.64. The fourth-order valence-corrected chi connectivity index (χ4v) is 3.46. The van der Waals surface area contributed by atoms with Crippen LogP contribution in [0.15, 0.2) is 48.5 Å². The van der Waals surface area contributed by atoms with Gasteiger partial charge in [0, 0.05) is 12.5 Å². The minimum atomic E-state index is -1.19. The molecule has 0 fully saturated rings. The lowest BCUT2D eigenvalue weighted by Crippen LogP contribution is -2.46. The van der Waals surface area contributed by atoms with E-state index < -0.39 is 12.2 Å². The van der Waals surface area contributed by atoms with E-state index in [2.05, 4.69) is 17.6 Å². The number of benzene rings is 2. The maximum Gasteiger partial charge on any atom is 0.426 e. The Labute approximate surface area is 158 Å². The first-order chi connectivity index (χ1) is 13.1. The molecule has 6 heteroatoms. The van der Waals surface area contributed by atoms with Crippen LogP contribution in [0.3, 0.4) is 0 Å². The first-order valence-electron chi connectivity index (χ1n) is 9.24. The second kappa shape index (κ2) is 8.58. The van der Waals surface area contributed by atoms with Gasteiger partial charge in [0.15, 0.2) is 0 Å². The van der Waals surface area contributed by atoms with Crippen LogP contribution >= 0.6 is 0 Å². The van der Waals surface area contributed by atoms with E-state index in [-0.39, 0.29) is 19.1 Å². The van der Waals surface area contributed by atoms with E-state index in [1.54, 1.807) is 0 Å². The maximum absolute atomic E-state index is 12.1. The Morgan fingerprint density at radius 3 is 2.19 bits per heavy atom. The van der Waals surface area contributed by atoms with E-state index in [9.17, 15) is 14.7 Å². The van der Waals surface area contributed by atoms with Gasteiger partial charge in [-0.2, -0.15) is 0 Å². The predicted molar refractivity (Wildman–Crippen MR) is 102 cm³/mol. The molecule has 0 atom stereocenters. The Bertz CT molecular complexity index is 776. The van der Waals surface area contributed by atoms with Crippen molar-refractivity contribution >= 4 is 12.2 Å². The van der Waals surface area contributed by atoms with Gasteiger partial charge in [-0.3, -0.25) is 0 Å². The molecule has 27 heavy (non-hydrogen) atoms. The molecule has 2 aromatic carbocycles. The van der Waals surface area contributed by atoms with Crippen LogP contribution in [-0.2, 0) is 4.74 Å². The van der Waals surface area contributed by atoms with E-state index in [0.717, 1.165) is 40.1 Å². The SMILES string of the molecule is CCCCCN(NC(=O)OCC1c2ccccc2-c2ccccc21)C(=O)O. The average molecular weight is 368 g/mol. The summed E-state index contributed by atoms with van der Waals surface area (Å²) in [5, 5.41) is 10.1. The van der Waals surface area contributed by atoms with Crippen LogP contribution in [0.4, 0.5) is 9.59 Å². The Kier molecular flexibility index (Phi) is 5.96. The summed E-state index contributed by atoms with van der Waals surface area (Å²) in [6, 6.07) is 16.1. The molecular weight excluding hydrogens is 344 g/mol. The smallest absolute Gasteiger partial charge is 0.426 e. The largest absolute Gasteiger partial charge is 0.464 e. The van der Waals surface area contributed by atoms with Crippen molar-refractivity contribution in [2.24, 2.45) is 0 Å². The lowest BCUT2D eigenvalue weighted by atomic mass is 9.98. The summed E-state index contributed by atoms with van der Waals surface area (Å²) in [4.78, 5) is 23.4. The van der Waals surface area contributed by atoms with Gasteiger partial charge in [0.1, 0.15) is 6.61 Å². The van der Waals surface area contributed by atoms with Gasteiger partial charge in [0.25, 0.3) is 0 Å². The van der Waals surface area contributed by atoms with E-state index in [4.69, 9.17) is 4.74 Å². The number of fused-ring (bicyclic) bond motifs is 3. The molecule has 0 aliphatic heterocycles. The topological polar surface area (TPSA) is 78.9 Å². The van der Waals surface area contributed by atoms with Crippen molar-refractivity contribution in [3.8, 4) is 11.1 Å². The number of nitrogens with one attached hydrogen (secondary N) is 1. The summed E-state index contributed by atoms with van der Waals surface area (Å²) in [5.74, 6) is -0.0541. The highest BCUT2D eigenvalue weighted by molar-refractivity contribution is 5.79. The van der Waals surface area contributed by atoms with Gasteiger partial charge in [0.05, 0.1) is 0 Å². The third-order valence-electron chi connectivity index (χ3n) is 4.79. The highest BCUT2D eigenvalue weighted by Gasteiger charge is 2.29. The zero-order valence-corrected chi connectivity index (χ0v) is 15.4. The van der Waals surface area contributed by atoms with Gasteiger partial charge < -0.3 is 9.84 Å². The minimum absolute atomic E-state index is 0.0541. The lowest BCUT2D eigenvalue weighted by Gasteiger charge is -2.20. The van der Waals surface area contributed by atoms with Gasteiger partial charge in [0.2, 0.25) is 0 Å². The normalized spacial score (nSPS) is 12.2. The molecule has 1 aliphatic carbocycles. The number of nitrogens with zero attached hydrogens (tertiary/aromatic N) is 1. The number of hydrogen-bond acceptors (Lipinski definition) is 3. The summed E-state index contributed by atoms with van der Waals surface area (Å²) in [7, 11) is 0. The fourth-order valence-electron chi connectivity index (χ4n) is 3.46. The molecule has 0 spiro atoms. The van der Waals surface area contributed by atoms with E-state index in [0.29, 0.717) is 6.42 Å². The zero-order chi connectivity index (χ0) is 19.2. The number of carbonyl (C=O) groups excluding carboxylic acids is 1. The third-order valence-corrected chi connectivity index (χ3v) is 4.79. The molecule has 0 radical (unpaired) electrons. The third kappa shape index (κ3) is 4.22. The summed E-state index contributed by atoms with van der Waals surface area (Å²) < 4.78 is 5.37. The number of rotatable bonds is 6. The van der Waals surface area contributed by atoms with Crippen LogP contribution < -0.4 is 5.43 Å². The number of carbonyl (C=O) groups is 2. The van der Waals surface area contributed by atoms with Crippen LogP contribution in [0.5, 0.6) is 0 Å².